The van der Waals surface area contributed by atoms with E-state index >= 15 is 0 Å². The molecule has 43 heavy (non-hydrogen) atoms. The van der Waals surface area contributed by atoms with Crippen LogP contribution >= 0.6 is 54.5 Å². The zero-order valence-electron chi connectivity index (χ0n) is 23.1. The maximum Gasteiger partial charge on any atom is 0.279 e. The molecule has 0 fully saturated rings. The van der Waals surface area contributed by atoms with Gasteiger partial charge in [-0.1, -0.05) is 54.5 Å². The van der Waals surface area contributed by atoms with Crippen LogP contribution in [0.25, 0.3) is 20.4 Å². The number of rotatable bonds is 6. The van der Waals surface area contributed by atoms with Crippen molar-refractivity contribution in [3.05, 3.63) is 115 Å². The molecule has 0 bridgehead atoms. The monoisotopic (exact) mass is 734 g/mol. The Morgan fingerprint density at radius 2 is 1.05 bits per heavy atom. The van der Waals surface area contributed by atoms with Crippen molar-refractivity contribution in [2.45, 2.75) is 26.9 Å². The zero-order chi connectivity index (χ0) is 30.1. The molecule has 11 heteroatoms. The number of halogens is 2. The lowest BCUT2D eigenvalue weighted by Gasteiger charge is -2.06. The fraction of sp³-hybridized carbons (Fsp3) is 0.125. The van der Waals surface area contributed by atoms with E-state index in [-0.39, 0.29) is 11.8 Å². The van der Waals surface area contributed by atoms with Crippen molar-refractivity contribution >= 4 is 86.8 Å². The third kappa shape index (κ3) is 6.21. The van der Waals surface area contributed by atoms with E-state index in [0.29, 0.717) is 45.3 Å². The second kappa shape index (κ2) is 12.5. The highest BCUT2D eigenvalue weighted by Gasteiger charge is 2.11. The summed E-state index contributed by atoms with van der Waals surface area (Å²) in [5, 5.41) is 0. The van der Waals surface area contributed by atoms with Crippen molar-refractivity contribution in [1.29, 1.82) is 0 Å². The third-order valence-electron chi connectivity index (χ3n) is 6.75. The molecule has 0 spiro atoms. The van der Waals surface area contributed by atoms with Gasteiger partial charge >= 0.3 is 0 Å². The molecular weight excluding hydrogens is 712 g/mol. The van der Waals surface area contributed by atoms with Gasteiger partial charge in [0.05, 0.1) is 20.4 Å². The smallest absolute Gasteiger partial charge is 0.279 e. The van der Waals surface area contributed by atoms with Crippen LogP contribution < -0.4 is 14.3 Å². The molecule has 7 nitrogen and oxygen atoms in total. The van der Waals surface area contributed by atoms with E-state index in [2.05, 4.69) is 41.8 Å². The van der Waals surface area contributed by atoms with E-state index in [1.54, 1.807) is 48.5 Å². The van der Waals surface area contributed by atoms with Crippen LogP contribution in [0.1, 0.15) is 34.6 Å². The first-order chi connectivity index (χ1) is 20.8. The Morgan fingerprint density at radius 1 is 0.651 bits per heavy atom. The lowest BCUT2D eigenvalue weighted by atomic mass is 10.2. The quantitative estimate of drug-likeness (QED) is 0.172. The van der Waals surface area contributed by atoms with Crippen LogP contribution in [0.5, 0.6) is 11.5 Å². The first-order valence-corrected chi connectivity index (χ1v) is 16.7. The largest absolute Gasteiger partial charge is 0.457 e. The highest BCUT2D eigenvalue weighted by atomic mass is 79.9. The van der Waals surface area contributed by atoms with Crippen molar-refractivity contribution in [1.82, 2.24) is 9.13 Å². The normalized spacial score (nSPS) is 12.4. The van der Waals surface area contributed by atoms with Gasteiger partial charge in [-0.2, -0.15) is 9.98 Å². The van der Waals surface area contributed by atoms with Gasteiger partial charge in [-0.15, -0.1) is 0 Å². The number of aryl methyl sites for hydroxylation is 2. The van der Waals surface area contributed by atoms with E-state index in [4.69, 9.17) is 4.74 Å². The average Bonchev–Trinajstić information content (AvgIpc) is 3.52. The van der Waals surface area contributed by atoms with E-state index < -0.39 is 0 Å². The maximum absolute atomic E-state index is 13.0. The van der Waals surface area contributed by atoms with Crippen molar-refractivity contribution in [3.8, 4) is 11.5 Å². The standard InChI is InChI=1S/C32H24Br2N4O3S2/c1-3-37-25-15-9-21(33)17-27(25)42-31(37)35-29(39)19-5-11-23(12-6-19)41-24-13-7-20(8-14-24)30(40)36-32-38(4-2)26-16-10-22(34)18-28(26)43-32/h5-18H,3-4H2,1-2H3. The highest BCUT2D eigenvalue weighted by molar-refractivity contribution is 9.10. The van der Waals surface area contributed by atoms with Crippen LogP contribution in [-0.4, -0.2) is 20.9 Å². The molecule has 4 aromatic carbocycles. The van der Waals surface area contributed by atoms with Crippen LogP contribution in [0.15, 0.2) is 104 Å². The Kier molecular flexibility index (Phi) is 8.58. The molecule has 0 unspecified atom stereocenters. The summed E-state index contributed by atoms with van der Waals surface area (Å²) in [7, 11) is 0. The predicted octanol–water partition coefficient (Wildman–Crippen LogP) is 8.56. The Morgan fingerprint density at radius 3 is 1.42 bits per heavy atom. The minimum atomic E-state index is -0.318. The third-order valence-corrected chi connectivity index (χ3v) is 9.82. The molecule has 0 aliphatic carbocycles. The summed E-state index contributed by atoms with van der Waals surface area (Å²) in [4.78, 5) is 36.1. The number of ether oxygens (including phenoxy) is 1. The molecule has 2 amide bonds. The minimum Gasteiger partial charge on any atom is -0.457 e. The summed E-state index contributed by atoms with van der Waals surface area (Å²) in [5.74, 6) is 0.496. The van der Waals surface area contributed by atoms with Crippen LogP contribution in [0.4, 0.5) is 0 Å². The summed E-state index contributed by atoms with van der Waals surface area (Å²) < 4.78 is 14.1. The van der Waals surface area contributed by atoms with Gasteiger partial charge in [0, 0.05) is 33.2 Å². The number of benzene rings is 4. The second-order valence-corrected chi connectivity index (χ2v) is 13.3. The summed E-state index contributed by atoms with van der Waals surface area (Å²) in [5.41, 5.74) is 3.03. The molecule has 0 radical (unpaired) electrons. The number of fused-ring (bicyclic) bond motifs is 2. The molecule has 6 rings (SSSR count). The number of hydrogen-bond acceptors (Lipinski definition) is 5. The van der Waals surface area contributed by atoms with Crippen molar-refractivity contribution in [3.63, 3.8) is 0 Å². The van der Waals surface area contributed by atoms with Gasteiger partial charge in [-0.3, -0.25) is 9.59 Å². The molecule has 0 aliphatic rings. The zero-order valence-corrected chi connectivity index (χ0v) is 27.9. The van der Waals surface area contributed by atoms with Crippen LogP contribution in [0.2, 0.25) is 0 Å². The lowest BCUT2D eigenvalue weighted by Crippen LogP contribution is -2.15. The van der Waals surface area contributed by atoms with E-state index in [9.17, 15) is 9.59 Å². The van der Waals surface area contributed by atoms with Gasteiger partial charge in [-0.05, 0) is 98.8 Å². The molecule has 216 valence electrons. The number of hydrogen-bond donors (Lipinski definition) is 0. The van der Waals surface area contributed by atoms with Gasteiger partial charge < -0.3 is 13.9 Å². The molecule has 0 saturated heterocycles. The summed E-state index contributed by atoms with van der Waals surface area (Å²) in [6.07, 6.45) is 0. The fourth-order valence-corrected chi connectivity index (χ4v) is 7.93. The molecule has 6 aromatic rings. The van der Waals surface area contributed by atoms with E-state index in [0.717, 1.165) is 29.4 Å². The Labute approximate surface area is 271 Å². The van der Waals surface area contributed by atoms with Gasteiger partial charge in [-0.25, -0.2) is 0 Å². The van der Waals surface area contributed by atoms with E-state index in [1.807, 2.05) is 59.4 Å². The first-order valence-electron chi connectivity index (χ1n) is 13.5. The van der Waals surface area contributed by atoms with Crippen molar-refractivity contribution < 1.29 is 14.3 Å². The summed E-state index contributed by atoms with van der Waals surface area (Å²) >= 11 is 9.98. The number of nitrogens with zero attached hydrogens (tertiary/aromatic N) is 4. The average molecular weight is 737 g/mol. The maximum atomic E-state index is 13.0. The lowest BCUT2D eigenvalue weighted by molar-refractivity contribution is 0.0989. The number of carbonyl (C=O) groups is 2. The molecule has 2 heterocycles. The van der Waals surface area contributed by atoms with Crippen LogP contribution in [0.3, 0.4) is 0 Å². The molecular formula is C32H24Br2N4O3S2. The topological polar surface area (TPSA) is 78.0 Å². The molecule has 2 aromatic heterocycles. The minimum absolute atomic E-state index is 0.318. The van der Waals surface area contributed by atoms with Gasteiger partial charge in [0.25, 0.3) is 11.8 Å². The first kappa shape index (κ1) is 29.4. The van der Waals surface area contributed by atoms with Crippen molar-refractivity contribution in [2.24, 2.45) is 9.98 Å². The Hall–Kier alpha value is -3.64. The molecule has 0 N–H and O–H groups in total. The van der Waals surface area contributed by atoms with Crippen LogP contribution in [0, 0.1) is 0 Å². The van der Waals surface area contributed by atoms with Gasteiger partial charge in [0.15, 0.2) is 9.60 Å². The molecule has 0 aliphatic heterocycles. The van der Waals surface area contributed by atoms with Gasteiger partial charge in [0.1, 0.15) is 11.5 Å². The number of amides is 2. The van der Waals surface area contributed by atoms with Crippen molar-refractivity contribution in [2.75, 3.05) is 0 Å². The Balaban J connectivity index is 1.17. The Bertz CT molecular complexity index is 1990. The highest BCUT2D eigenvalue weighted by Crippen LogP contribution is 2.25. The fourth-order valence-electron chi connectivity index (χ4n) is 4.65. The SMILES string of the molecule is CCn1c(=NC(=O)c2ccc(Oc3ccc(C(=O)N=c4sc5cc(Br)ccc5n4CC)cc3)cc2)sc2cc(Br)ccc21. The number of aromatic nitrogens is 2. The van der Waals surface area contributed by atoms with Gasteiger partial charge in [0.2, 0.25) is 0 Å². The number of carbonyl (C=O) groups excluding carboxylic acids is 2. The van der Waals surface area contributed by atoms with E-state index in [1.165, 1.54) is 22.7 Å². The molecule has 0 atom stereocenters. The molecule has 0 saturated carbocycles. The summed E-state index contributed by atoms with van der Waals surface area (Å²) in [6.45, 7) is 5.49. The second-order valence-electron chi connectivity index (χ2n) is 9.47. The van der Waals surface area contributed by atoms with Crippen LogP contribution in [-0.2, 0) is 13.1 Å². The predicted molar refractivity (Wildman–Crippen MR) is 179 cm³/mol. The number of thiazole rings is 2. The summed E-state index contributed by atoms with van der Waals surface area (Å²) in [6, 6.07) is 25.8.